The van der Waals surface area contributed by atoms with Crippen LogP contribution in [0.1, 0.15) is 34.0 Å². The molecule has 1 heterocycles. The lowest BCUT2D eigenvalue weighted by Gasteiger charge is -2.26. The summed E-state index contributed by atoms with van der Waals surface area (Å²) in [5, 5.41) is 2.99. The van der Waals surface area contributed by atoms with Crippen LogP contribution >= 0.6 is 0 Å². The quantitative estimate of drug-likeness (QED) is 0.816. The van der Waals surface area contributed by atoms with Crippen molar-refractivity contribution in [2.24, 2.45) is 0 Å². The summed E-state index contributed by atoms with van der Waals surface area (Å²) in [7, 11) is 0. The van der Waals surface area contributed by atoms with E-state index in [0.717, 1.165) is 49.7 Å². The maximum absolute atomic E-state index is 12.4. The van der Waals surface area contributed by atoms with E-state index in [-0.39, 0.29) is 5.91 Å². The molecule has 2 aromatic rings. The predicted molar refractivity (Wildman–Crippen MR) is 106 cm³/mol. The van der Waals surface area contributed by atoms with Crippen LogP contribution < -0.4 is 10.1 Å². The maximum Gasteiger partial charge on any atom is 0.251 e. The fourth-order valence-electron chi connectivity index (χ4n) is 3.17. The van der Waals surface area contributed by atoms with Crippen molar-refractivity contribution in [2.75, 3.05) is 32.9 Å². The zero-order valence-electron chi connectivity index (χ0n) is 16.2. The molecule has 144 valence electrons. The van der Waals surface area contributed by atoms with E-state index in [0.29, 0.717) is 18.7 Å². The molecular formula is C22H28N2O3. The molecule has 1 amide bonds. The number of rotatable bonds is 7. The minimum atomic E-state index is -0.0708. The first-order valence-electron chi connectivity index (χ1n) is 9.55. The number of ether oxygens (including phenoxy) is 2. The van der Waals surface area contributed by atoms with E-state index in [9.17, 15) is 4.79 Å². The van der Waals surface area contributed by atoms with E-state index in [1.54, 1.807) is 6.07 Å². The summed E-state index contributed by atoms with van der Waals surface area (Å²) >= 11 is 0. The number of morpholine rings is 1. The molecule has 2 aromatic carbocycles. The molecule has 0 aromatic heterocycles. The maximum atomic E-state index is 12.4. The Hall–Kier alpha value is -2.37. The summed E-state index contributed by atoms with van der Waals surface area (Å²) in [6, 6.07) is 14.0. The number of nitrogens with zero attached hydrogens (tertiary/aromatic N) is 1. The van der Waals surface area contributed by atoms with Gasteiger partial charge in [-0.05, 0) is 48.7 Å². The van der Waals surface area contributed by atoms with Crippen LogP contribution in [0.4, 0.5) is 0 Å². The van der Waals surface area contributed by atoms with Crippen LogP contribution in [0.3, 0.4) is 0 Å². The Morgan fingerprint density at radius 2 is 1.81 bits per heavy atom. The third kappa shape index (κ3) is 5.55. The number of aryl methyl sites for hydroxylation is 1. The molecule has 1 N–H and O–H groups in total. The standard InChI is InChI=1S/C22H28N2O3/c1-3-27-21-9-8-20(14-17(21)2)22(25)23-15-18-4-6-19(7-5-18)16-24-10-12-26-13-11-24/h4-9,14H,3,10-13,15-16H2,1-2H3,(H,23,25). The number of nitrogens with one attached hydrogen (secondary N) is 1. The van der Waals surface area contributed by atoms with Crippen molar-refractivity contribution < 1.29 is 14.3 Å². The lowest BCUT2D eigenvalue weighted by molar-refractivity contribution is 0.0342. The molecule has 1 saturated heterocycles. The van der Waals surface area contributed by atoms with Gasteiger partial charge in [0.15, 0.2) is 0 Å². The number of benzene rings is 2. The first-order valence-corrected chi connectivity index (χ1v) is 9.55. The van der Waals surface area contributed by atoms with Crippen molar-refractivity contribution >= 4 is 5.91 Å². The van der Waals surface area contributed by atoms with E-state index in [4.69, 9.17) is 9.47 Å². The summed E-state index contributed by atoms with van der Waals surface area (Å²) in [6.07, 6.45) is 0. The Balaban J connectivity index is 1.51. The van der Waals surface area contributed by atoms with E-state index >= 15 is 0 Å². The van der Waals surface area contributed by atoms with Crippen molar-refractivity contribution in [3.8, 4) is 5.75 Å². The van der Waals surface area contributed by atoms with Crippen LogP contribution in [0.15, 0.2) is 42.5 Å². The van der Waals surface area contributed by atoms with Gasteiger partial charge in [0.2, 0.25) is 0 Å². The van der Waals surface area contributed by atoms with Gasteiger partial charge in [-0.1, -0.05) is 24.3 Å². The van der Waals surface area contributed by atoms with Gasteiger partial charge in [-0.3, -0.25) is 9.69 Å². The molecule has 0 atom stereocenters. The summed E-state index contributed by atoms with van der Waals surface area (Å²) in [4.78, 5) is 14.8. The third-order valence-corrected chi connectivity index (χ3v) is 4.72. The van der Waals surface area contributed by atoms with Gasteiger partial charge < -0.3 is 14.8 Å². The van der Waals surface area contributed by atoms with Gasteiger partial charge >= 0.3 is 0 Å². The molecular weight excluding hydrogens is 340 g/mol. The largest absolute Gasteiger partial charge is 0.494 e. The number of carbonyl (C=O) groups is 1. The van der Waals surface area contributed by atoms with Crippen molar-refractivity contribution in [1.29, 1.82) is 0 Å². The van der Waals surface area contributed by atoms with Crippen molar-refractivity contribution in [3.05, 3.63) is 64.7 Å². The molecule has 0 unspecified atom stereocenters. The molecule has 0 radical (unpaired) electrons. The predicted octanol–water partition coefficient (Wildman–Crippen LogP) is 3.16. The lowest BCUT2D eigenvalue weighted by Crippen LogP contribution is -2.35. The fourth-order valence-corrected chi connectivity index (χ4v) is 3.17. The highest BCUT2D eigenvalue weighted by Gasteiger charge is 2.11. The highest BCUT2D eigenvalue weighted by atomic mass is 16.5. The molecule has 5 heteroatoms. The zero-order valence-corrected chi connectivity index (χ0v) is 16.2. The second kappa shape index (κ2) is 9.53. The molecule has 5 nitrogen and oxygen atoms in total. The highest BCUT2D eigenvalue weighted by molar-refractivity contribution is 5.94. The van der Waals surface area contributed by atoms with E-state index in [1.165, 1.54) is 5.56 Å². The Labute approximate surface area is 161 Å². The van der Waals surface area contributed by atoms with Gasteiger partial charge in [0.05, 0.1) is 19.8 Å². The van der Waals surface area contributed by atoms with Crippen LogP contribution in [-0.2, 0) is 17.8 Å². The normalized spacial score (nSPS) is 14.7. The Kier molecular flexibility index (Phi) is 6.85. The van der Waals surface area contributed by atoms with Crippen LogP contribution in [0.2, 0.25) is 0 Å². The van der Waals surface area contributed by atoms with Gasteiger partial charge in [-0.2, -0.15) is 0 Å². The summed E-state index contributed by atoms with van der Waals surface area (Å²) in [6.45, 7) is 9.59. The highest BCUT2D eigenvalue weighted by Crippen LogP contribution is 2.19. The molecule has 0 saturated carbocycles. The van der Waals surface area contributed by atoms with Gasteiger partial charge in [0, 0.05) is 31.7 Å². The molecule has 1 aliphatic heterocycles. The molecule has 3 rings (SSSR count). The summed E-state index contributed by atoms with van der Waals surface area (Å²) in [5.74, 6) is 0.753. The molecule has 27 heavy (non-hydrogen) atoms. The van der Waals surface area contributed by atoms with Gasteiger partial charge in [0.25, 0.3) is 5.91 Å². The van der Waals surface area contributed by atoms with Gasteiger partial charge in [-0.25, -0.2) is 0 Å². The van der Waals surface area contributed by atoms with E-state index in [1.807, 2.05) is 26.0 Å². The second-order valence-electron chi connectivity index (χ2n) is 6.80. The van der Waals surface area contributed by atoms with E-state index in [2.05, 4.69) is 34.5 Å². The van der Waals surface area contributed by atoms with Crippen LogP contribution in [0, 0.1) is 6.92 Å². The number of hydrogen-bond donors (Lipinski definition) is 1. The summed E-state index contributed by atoms with van der Waals surface area (Å²) in [5.41, 5.74) is 4.00. The molecule has 1 fully saturated rings. The first kappa shape index (κ1) is 19.4. The average molecular weight is 368 g/mol. The van der Waals surface area contributed by atoms with Crippen molar-refractivity contribution in [2.45, 2.75) is 26.9 Å². The molecule has 0 spiro atoms. The fraction of sp³-hybridized carbons (Fsp3) is 0.409. The molecule has 0 bridgehead atoms. The van der Waals surface area contributed by atoms with Crippen molar-refractivity contribution in [3.63, 3.8) is 0 Å². The first-order chi connectivity index (χ1) is 13.2. The SMILES string of the molecule is CCOc1ccc(C(=O)NCc2ccc(CN3CCOCC3)cc2)cc1C. The lowest BCUT2D eigenvalue weighted by atomic mass is 10.1. The van der Waals surface area contributed by atoms with Crippen LogP contribution in [0.5, 0.6) is 5.75 Å². The molecule has 1 aliphatic rings. The smallest absolute Gasteiger partial charge is 0.251 e. The van der Waals surface area contributed by atoms with Crippen molar-refractivity contribution in [1.82, 2.24) is 10.2 Å². The minimum absolute atomic E-state index is 0.0708. The average Bonchev–Trinajstić information content (AvgIpc) is 2.70. The Morgan fingerprint density at radius 3 is 2.48 bits per heavy atom. The minimum Gasteiger partial charge on any atom is -0.494 e. The van der Waals surface area contributed by atoms with Gasteiger partial charge in [-0.15, -0.1) is 0 Å². The van der Waals surface area contributed by atoms with Gasteiger partial charge in [0.1, 0.15) is 5.75 Å². The second-order valence-corrected chi connectivity index (χ2v) is 6.80. The Morgan fingerprint density at radius 1 is 1.11 bits per heavy atom. The number of hydrogen-bond acceptors (Lipinski definition) is 4. The number of amides is 1. The topological polar surface area (TPSA) is 50.8 Å². The van der Waals surface area contributed by atoms with Crippen LogP contribution in [-0.4, -0.2) is 43.7 Å². The van der Waals surface area contributed by atoms with E-state index < -0.39 is 0 Å². The Bertz CT molecular complexity index is 753. The number of carbonyl (C=O) groups excluding carboxylic acids is 1. The molecule has 0 aliphatic carbocycles. The zero-order chi connectivity index (χ0) is 19.1. The monoisotopic (exact) mass is 368 g/mol. The third-order valence-electron chi connectivity index (χ3n) is 4.72. The summed E-state index contributed by atoms with van der Waals surface area (Å²) < 4.78 is 10.9. The van der Waals surface area contributed by atoms with Crippen LogP contribution in [0.25, 0.3) is 0 Å².